The molecule has 0 spiro atoms. The number of carbonyl (C=O) groups excluding carboxylic acids is 1. The predicted octanol–water partition coefficient (Wildman–Crippen LogP) is -2.06. The van der Waals surface area contributed by atoms with E-state index in [1.165, 1.54) is 0 Å². The highest BCUT2D eigenvalue weighted by Gasteiger charge is 2.30. The molecular formula is C6H11N3O5. The van der Waals surface area contributed by atoms with Crippen LogP contribution in [0.3, 0.4) is 0 Å². The highest BCUT2D eigenvalue weighted by Crippen LogP contribution is 2.08. The molecule has 0 aliphatic carbocycles. The summed E-state index contributed by atoms with van der Waals surface area (Å²) in [6.45, 7) is -0.758. The summed E-state index contributed by atoms with van der Waals surface area (Å²) in [6, 6.07) is -1.47. The highest BCUT2D eigenvalue weighted by molar-refractivity contribution is 5.56. The summed E-state index contributed by atoms with van der Waals surface area (Å²) in [6.07, 6.45) is -5.01. The summed E-state index contributed by atoms with van der Waals surface area (Å²) in [4.78, 5) is 12.4. The minimum absolute atomic E-state index is 0.0364. The van der Waals surface area contributed by atoms with Crippen molar-refractivity contribution in [2.45, 2.75) is 24.4 Å². The summed E-state index contributed by atoms with van der Waals surface area (Å²) in [5.74, 6) is 0. The van der Waals surface area contributed by atoms with Crippen molar-refractivity contribution in [2.24, 2.45) is 5.11 Å². The molecule has 80 valence electrons. The largest absolute Gasteiger partial charge is 0.394 e. The van der Waals surface area contributed by atoms with Crippen molar-refractivity contribution >= 4 is 6.29 Å². The highest BCUT2D eigenvalue weighted by atomic mass is 16.3. The SMILES string of the molecule is [N-]=[N+]=N[C@H]([C@H](O)[C@@H](O)C=O)[C@H](O)CO. The first kappa shape index (κ1) is 12.8. The van der Waals surface area contributed by atoms with Crippen molar-refractivity contribution in [3.63, 3.8) is 0 Å². The van der Waals surface area contributed by atoms with Gasteiger partial charge in [-0.15, -0.1) is 0 Å². The van der Waals surface area contributed by atoms with Gasteiger partial charge in [-0.2, -0.15) is 0 Å². The van der Waals surface area contributed by atoms with Crippen LogP contribution in [0, 0.1) is 0 Å². The van der Waals surface area contributed by atoms with Gasteiger partial charge in [0.25, 0.3) is 0 Å². The number of aldehydes is 1. The molecule has 14 heavy (non-hydrogen) atoms. The lowest BCUT2D eigenvalue weighted by atomic mass is 10.0. The van der Waals surface area contributed by atoms with Gasteiger partial charge in [0.15, 0.2) is 6.29 Å². The fourth-order valence-corrected chi connectivity index (χ4v) is 0.823. The standard InChI is InChI=1S/C6H11N3O5/c7-9-8-5(3(12)1-10)6(14)4(13)2-11/h2-6,10,12-14H,1H2/t3-,4+,5+,6-/m1/s1. The van der Waals surface area contributed by atoms with Gasteiger partial charge in [-0.1, -0.05) is 5.11 Å². The van der Waals surface area contributed by atoms with Crippen molar-refractivity contribution in [1.29, 1.82) is 0 Å². The number of aliphatic hydroxyl groups is 4. The Labute approximate surface area is 79.0 Å². The normalized spacial score (nSPS) is 18.9. The maximum atomic E-state index is 10.1. The van der Waals surface area contributed by atoms with Crippen molar-refractivity contribution in [1.82, 2.24) is 0 Å². The van der Waals surface area contributed by atoms with Crippen LogP contribution in [0.25, 0.3) is 10.4 Å². The van der Waals surface area contributed by atoms with Gasteiger partial charge in [0, 0.05) is 4.91 Å². The third-order valence-corrected chi connectivity index (χ3v) is 1.61. The van der Waals surface area contributed by atoms with E-state index in [4.69, 9.17) is 20.9 Å². The average Bonchev–Trinajstić information content (AvgIpc) is 2.22. The molecule has 0 saturated heterocycles. The van der Waals surface area contributed by atoms with Gasteiger partial charge >= 0.3 is 0 Å². The number of hydrogen-bond donors (Lipinski definition) is 4. The van der Waals surface area contributed by atoms with E-state index in [0.29, 0.717) is 0 Å². The summed E-state index contributed by atoms with van der Waals surface area (Å²) >= 11 is 0. The molecule has 0 bridgehead atoms. The van der Waals surface area contributed by atoms with Crippen molar-refractivity contribution in [3.05, 3.63) is 10.4 Å². The minimum Gasteiger partial charge on any atom is -0.394 e. The number of azide groups is 1. The summed E-state index contributed by atoms with van der Waals surface area (Å²) < 4.78 is 0. The van der Waals surface area contributed by atoms with Crippen LogP contribution in [-0.2, 0) is 4.79 Å². The Morgan fingerprint density at radius 1 is 1.43 bits per heavy atom. The first-order chi connectivity index (χ1) is 6.58. The second-order valence-corrected chi connectivity index (χ2v) is 2.56. The maximum absolute atomic E-state index is 10.1. The number of carbonyl (C=O) groups is 1. The molecule has 0 unspecified atom stereocenters. The maximum Gasteiger partial charge on any atom is 0.151 e. The van der Waals surface area contributed by atoms with Crippen LogP contribution in [0.2, 0.25) is 0 Å². The topological polar surface area (TPSA) is 147 Å². The lowest BCUT2D eigenvalue weighted by molar-refractivity contribution is -0.122. The van der Waals surface area contributed by atoms with Gasteiger partial charge in [0.05, 0.1) is 24.9 Å². The Morgan fingerprint density at radius 3 is 2.36 bits per heavy atom. The molecule has 8 heteroatoms. The van der Waals surface area contributed by atoms with E-state index in [1.54, 1.807) is 0 Å². The van der Waals surface area contributed by atoms with Gasteiger partial charge in [-0.3, -0.25) is 0 Å². The van der Waals surface area contributed by atoms with Gasteiger partial charge in [0.1, 0.15) is 6.10 Å². The average molecular weight is 205 g/mol. The molecule has 0 aromatic heterocycles. The third-order valence-electron chi connectivity index (χ3n) is 1.61. The van der Waals surface area contributed by atoms with E-state index < -0.39 is 31.0 Å². The lowest BCUT2D eigenvalue weighted by Crippen LogP contribution is -2.45. The van der Waals surface area contributed by atoms with Gasteiger partial charge in [0.2, 0.25) is 0 Å². The van der Waals surface area contributed by atoms with Crippen molar-refractivity contribution in [2.75, 3.05) is 6.61 Å². The fraction of sp³-hybridized carbons (Fsp3) is 0.833. The summed E-state index contributed by atoms with van der Waals surface area (Å²) in [7, 11) is 0. The van der Waals surface area contributed by atoms with Crippen LogP contribution >= 0.6 is 0 Å². The predicted molar refractivity (Wildman–Crippen MR) is 44.1 cm³/mol. The fourth-order valence-electron chi connectivity index (χ4n) is 0.823. The minimum atomic E-state index is -1.77. The molecule has 0 aliphatic heterocycles. The third kappa shape index (κ3) is 3.29. The first-order valence-electron chi connectivity index (χ1n) is 3.73. The molecule has 0 saturated carbocycles. The second kappa shape index (κ2) is 6.30. The van der Waals surface area contributed by atoms with Gasteiger partial charge < -0.3 is 25.2 Å². The molecule has 0 aromatic carbocycles. The van der Waals surface area contributed by atoms with Crippen molar-refractivity contribution < 1.29 is 25.2 Å². The summed E-state index contributed by atoms with van der Waals surface area (Å²) in [5.41, 5.74) is 8.07. The number of aliphatic hydroxyl groups excluding tert-OH is 4. The van der Waals surface area contributed by atoms with Gasteiger partial charge in [-0.05, 0) is 5.53 Å². The van der Waals surface area contributed by atoms with E-state index in [0.717, 1.165) is 0 Å². The molecule has 0 aliphatic rings. The zero-order valence-corrected chi connectivity index (χ0v) is 7.13. The lowest BCUT2D eigenvalue weighted by Gasteiger charge is -2.23. The Hall–Kier alpha value is -1.18. The number of rotatable bonds is 6. The monoisotopic (exact) mass is 205 g/mol. The molecule has 0 fully saturated rings. The van der Waals surface area contributed by atoms with E-state index >= 15 is 0 Å². The molecule has 0 aromatic rings. The molecule has 0 amide bonds. The van der Waals surface area contributed by atoms with Gasteiger partial charge in [-0.25, -0.2) is 0 Å². The zero-order valence-electron chi connectivity index (χ0n) is 7.13. The van der Waals surface area contributed by atoms with Crippen LogP contribution in [-0.4, -0.2) is 57.7 Å². The van der Waals surface area contributed by atoms with Crippen LogP contribution < -0.4 is 0 Å². The van der Waals surface area contributed by atoms with Crippen LogP contribution in [0.4, 0.5) is 0 Å². The van der Waals surface area contributed by atoms with E-state index in [1.807, 2.05) is 0 Å². The molecule has 8 nitrogen and oxygen atoms in total. The first-order valence-corrected chi connectivity index (χ1v) is 3.73. The van der Waals surface area contributed by atoms with E-state index in [9.17, 15) is 9.90 Å². The zero-order chi connectivity index (χ0) is 11.1. The quantitative estimate of drug-likeness (QED) is 0.170. The molecular weight excluding hydrogens is 194 g/mol. The number of nitrogens with zero attached hydrogens (tertiary/aromatic N) is 3. The van der Waals surface area contributed by atoms with E-state index in [-0.39, 0.29) is 6.29 Å². The summed E-state index contributed by atoms with van der Waals surface area (Å²) in [5, 5.41) is 38.6. The Bertz CT molecular complexity index is 230. The second-order valence-electron chi connectivity index (χ2n) is 2.56. The van der Waals surface area contributed by atoms with Crippen molar-refractivity contribution in [3.8, 4) is 0 Å². The van der Waals surface area contributed by atoms with E-state index in [2.05, 4.69) is 10.0 Å². The Morgan fingerprint density at radius 2 is 2.00 bits per heavy atom. The van der Waals surface area contributed by atoms with Crippen LogP contribution in [0.1, 0.15) is 0 Å². The molecule has 4 atom stereocenters. The molecule has 0 heterocycles. The number of hydrogen-bond acceptors (Lipinski definition) is 6. The molecule has 4 N–H and O–H groups in total. The molecule has 0 rings (SSSR count). The molecule has 0 radical (unpaired) electrons. The Kier molecular flexibility index (Phi) is 5.77. The Balaban J connectivity index is 4.63. The van der Waals surface area contributed by atoms with Crippen LogP contribution in [0.15, 0.2) is 5.11 Å². The van der Waals surface area contributed by atoms with Crippen LogP contribution in [0.5, 0.6) is 0 Å². The smallest absolute Gasteiger partial charge is 0.151 e.